The van der Waals surface area contributed by atoms with E-state index in [1.807, 2.05) is 0 Å². The van der Waals surface area contributed by atoms with Crippen LogP contribution < -0.4 is 9.47 Å². The van der Waals surface area contributed by atoms with Crippen molar-refractivity contribution in [2.75, 3.05) is 27.9 Å². The van der Waals surface area contributed by atoms with Crippen LogP contribution in [0.4, 0.5) is 0 Å². The van der Waals surface area contributed by atoms with Gasteiger partial charge >= 0.3 is 5.97 Å². The molecule has 1 unspecified atom stereocenters. The van der Waals surface area contributed by atoms with E-state index >= 15 is 0 Å². The zero-order chi connectivity index (χ0) is 17.0. The maximum absolute atomic E-state index is 12.7. The van der Waals surface area contributed by atoms with E-state index in [0.717, 1.165) is 0 Å². The highest BCUT2D eigenvalue weighted by Gasteiger charge is 2.39. The third-order valence-electron chi connectivity index (χ3n) is 3.74. The van der Waals surface area contributed by atoms with Crippen LogP contribution in [0.1, 0.15) is 29.3 Å². The molecular weight excluding hydrogens is 298 g/mol. The molecule has 1 fully saturated rings. The number of esters is 1. The van der Waals surface area contributed by atoms with Crippen molar-refractivity contribution in [2.45, 2.75) is 19.4 Å². The minimum absolute atomic E-state index is 0.258. The van der Waals surface area contributed by atoms with Crippen LogP contribution >= 0.6 is 0 Å². The fourth-order valence-corrected chi connectivity index (χ4v) is 2.49. The van der Waals surface area contributed by atoms with E-state index in [9.17, 15) is 9.59 Å². The molecule has 1 atom stereocenters. The minimum Gasteiger partial charge on any atom is -0.493 e. The summed E-state index contributed by atoms with van der Waals surface area (Å²) in [6, 6.07) is 2.71. The van der Waals surface area contributed by atoms with E-state index in [1.54, 1.807) is 19.1 Å². The molecule has 6 nitrogen and oxygen atoms in total. The topological polar surface area (TPSA) is 65.1 Å². The smallest absolute Gasteiger partial charge is 0.328 e. The van der Waals surface area contributed by atoms with Crippen LogP contribution in [-0.4, -0.2) is 50.7 Å². The maximum atomic E-state index is 12.7. The Bertz CT molecular complexity index is 686. The van der Waals surface area contributed by atoms with Crippen molar-refractivity contribution in [1.29, 1.82) is 0 Å². The first-order chi connectivity index (χ1) is 11.1. The average molecular weight is 317 g/mol. The van der Waals surface area contributed by atoms with Crippen molar-refractivity contribution in [3.05, 3.63) is 23.3 Å². The Morgan fingerprint density at radius 2 is 1.96 bits per heavy atom. The number of nitrogens with zero attached hydrogens (tertiary/aromatic N) is 1. The molecule has 2 rings (SSSR count). The maximum Gasteiger partial charge on any atom is 0.328 e. The van der Waals surface area contributed by atoms with E-state index in [1.165, 1.54) is 26.2 Å². The number of amides is 1. The molecule has 0 radical (unpaired) electrons. The van der Waals surface area contributed by atoms with Crippen molar-refractivity contribution in [3.63, 3.8) is 0 Å². The molecule has 0 spiro atoms. The van der Waals surface area contributed by atoms with Gasteiger partial charge in [-0.1, -0.05) is 5.92 Å². The molecule has 1 aliphatic heterocycles. The third kappa shape index (κ3) is 3.09. The monoisotopic (exact) mass is 317 g/mol. The Morgan fingerprint density at radius 3 is 2.43 bits per heavy atom. The number of ether oxygens (including phenoxy) is 3. The molecule has 1 aromatic carbocycles. The second-order valence-corrected chi connectivity index (χ2v) is 4.96. The van der Waals surface area contributed by atoms with Crippen LogP contribution in [0.3, 0.4) is 0 Å². The predicted molar refractivity (Wildman–Crippen MR) is 83.6 cm³/mol. The summed E-state index contributed by atoms with van der Waals surface area (Å²) < 4.78 is 15.3. The highest BCUT2D eigenvalue weighted by Crippen LogP contribution is 2.33. The molecule has 0 aliphatic carbocycles. The third-order valence-corrected chi connectivity index (χ3v) is 3.74. The lowest BCUT2D eigenvalue weighted by molar-refractivity contribution is -0.149. The van der Waals surface area contributed by atoms with E-state index in [4.69, 9.17) is 14.2 Å². The number of benzene rings is 1. The molecule has 1 aliphatic rings. The summed E-state index contributed by atoms with van der Waals surface area (Å²) >= 11 is 0. The van der Waals surface area contributed by atoms with Gasteiger partial charge in [0, 0.05) is 12.1 Å². The molecule has 6 heteroatoms. The Labute approximate surface area is 135 Å². The second kappa shape index (κ2) is 7.05. The van der Waals surface area contributed by atoms with Crippen molar-refractivity contribution in [2.24, 2.45) is 0 Å². The quantitative estimate of drug-likeness (QED) is 0.621. The first-order valence-corrected chi connectivity index (χ1v) is 7.15. The van der Waals surface area contributed by atoms with Crippen LogP contribution in [0.5, 0.6) is 11.5 Å². The summed E-state index contributed by atoms with van der Waals surface area (Å²) in [5.41, 5.74) is 0.960. The SMILES string of the molecule is CC#Cc1cc(C(=O)N2CCC2C(=O)OC)cc(OC)c1OC. The zero-order valence-electron chi connectivity index (χ0n) is 13.6. The first-order valence-electron chi connectivity index (χ1n) is 7.15. The van der Waals surface area contributed by atoms with Gasteiger partial charge in [-0.3, -0.25) is 4.79 Å². The Kier molecular flexibility index (Phi) is 5.12. The lowest BCUT2D eigenvalue weighted by Crippen LogP contribution is -2.55. The summed E-state index contributed by atoms with van der Waals surface area (Å²) in [5.74, 6) is 5.92. The number of hydrogen-bond donors (Lipinski definition) is 0. The fraction of sp³-hybridized carbons (Fsp3) is 0.412. The van der Waals surface area contributed by atoms with Crippen molar-refractivity contribution in [3.8, 4) is 23.3 Å². The molecule has 1 amide bonds. The van der Waals surface area contributed by atoms with Gasteiger partial charge in [-0.25, -0.2) is 4.79 Å². The van der Waals surface area contributed by atoms with Gasteiger partial charge in [-0.05, 0) is 25.5 Å². The van der Waals surface area contributed by atoms with Crippen LogP contribution in [0, 0.1) is 11.8 Å². The van der Waals surface area contributed by atoms with E-state index < -0.39 is 12.0 Å². The van der Waals surface area contributed by atoms with Crippen LogP contribution in [0.25, 0.3) is 0 Å². The van der Waals surface area contributed by atoms with Gasteiger partial charge in [0.1, 0.15) is 6.04 Å². The van der Waals surface area contributed by atoms with Crippen LogP contribution in [0.2, 0.25) is 0 Å². The number of hydrogen-bond acceptors (Lipinski definition) is 5. The predicted octanol–water partition coefficient (Wildman–Crippen LogP) is 1.46. The molecule has 122 valence electrons. The molecule has 1 aromatic rings. The van der Waals surface area contributed by atoms with E-state index in [2.05, 4.69) is 11.8 Å². The zero-order valence-corrected chi connectivity index (χ0v) is 13.6. The van der Waals surface area contributed by atoms with Gasteiger partial charge < -0.3 is 19.1 Å². The molecule has 23 heavy (non-hydrogen) atoms. The normalized spacial score (nSPS) is 15.8. The lowest BCUT2D eigenvalue weighted by atomic mass is 10.00. The number of rotatable bonds is 4. The number of carbonyl (C=O) groups is 2. The molecular formula is C17H19NO5. The van der Waals surface area contributed by atoms with Gasteiger partial charge in [0.2, 0.25) is 0 Å². The molecule has 0 bridgehead atoms. The lowest BCUT2D eigenvalue weighted by Gasteiger charge is -2.38. The number of carbonyl (C=O) groups excluding carboxylic acids is 2. The molecule has 1 saturated heterocycles. The summed E-state index contributed by atoms with van der Waals surface area (Å²) in [7, 11) is 4.33. The first kappa shape index (κ1) is 16.7. The number of likely N-dealkylation sites (tertiary alicyclic amines) is 1. The molecule has 1 heterocycles. The second-order valence-electron chi connectivity index (χ2n) is 4.96. The van der Waals surface area contributed by atoms with E-state index in [-0.39, 0.29) is 5.91 Å². The van der Waals surface area contributed by atoms with Crippen molar-refractivity contribution < 1.29 is 23.8 Å². The van der Waals surface area contributed by atoms with Gasteiger partial charge in [-0.15, -0.1) is 5.92 Å². The minimum atomic E-state index is -0.527. The fourth-order valence-electron chi connectivity index (χ4n) is 2.49. The highest BCUT2D eigenvalue weighted by atomic mass is 16.5. The molecule has 0 aromatic heterocycles. The van der Waals surface area contributed by atoms with E-state index in [0.29, 0.717) is 35.6 Å². The van der Waals surface area contributed by atoms with Crippen molar-refractivity contribution >= 4 is 11.9 Å². The Balaban J connectivity index is 2.39. The van der Waals surface area contributed by atoms with Crippen LogP contribution in [-0.2, 0) is 9.53 Å². The average Bonchev–Trinajstić information content (AvgIpc) is 2.52. The summed E-state index contributed by atoms with van der Waals surface area (Å²) in [6.07, 6.45) is 0.604. The largest absolute Gasteiger partial charge is 0.493 e. The summed E-state index contributed by atoms with van der Waals surface area (Å²) in [5, 5.41) is 0. The highest BCUT2D eigenvalue weighted by molar-refractivity contribution is 5.98. The van der Waals surface area contributed by atoms with Crippen LogP contribution in [0.15, 0.2) is 12.1 Å². The van der Waals surface area contributed by atoms with Gasteiger partial charge in [0.25, 0.3) is 5.91 Å². The Morgan fingerprint density at radius 1 is 1.22 bits per heavy atom. The Hall–Kier alpha value is -2.68. The summed E-state index contributed by atoms with van der Waals surface area (Å²) in [6.45, 7) is 2.21. The summed E-state index contributed by atoms with van der Waals surface area (Å²) in [4.78, 5) is 25.8. The van der Waals surface area contributed by atoms with Gasteiger partial charge in [0.05, 0.1) is 26.9 Å². The molecule has 0 saturated carbocycles. The number of methoxy groups -OCH3 is 3. The van der Waals surface area contributed by atoms with Gasteiger partial charge in [-0.2, -0.15) is 0 Å². The standard InChI is InChI=1S/C17H19NO5/c1-5-6-11-9-12(10-14(21-2)15(11)22-3)16(19)18-8-7-13(18)17(20)23-4/h9-10,13H,7-8H2,1-4H3. The van der Waals surface area contributed by atoms with Gasteiger partial charge in [0.15, 0.2) is 11.5 Å². The molecule has 0 N–H and O–H groups in total. The van der Waals surface area contributed by atoms with Crippen molar-refractivity contribution in [1.82, 2.24) is 4.90 Å².